The molecule has 1 fully saturated rings. The number of ether oxygens (including phenoxy) is 1. The van der Waals surface area contributed by atoms with Crippen molar-refractivity contribution >= 4 is 23.2 Å². The number of hydrogen-bond acceptors (Lipinski definition) is 5. The lowest BCUT2D eigenvalue weighted by Crippen LogP contribution is -2.36. The van der Waals surface area contributed by atoms with Crippen LogP contribution in [0.15, 0.2) is 42.6 Å². The number of carbonyl (C=O) groups is 2. The highest BCUT2D eigenvalue weighted by Gasteiger charge is 2.17. The Morgan fingerprint density at radius 2 is 1.90 bits per heavy atom. The second-order valence-corrected chi connectivity index (χ2v) is 6.96. The van der Waals surface area contributed by atoms with Crippen molar-refractivity contribution in [3.63, 3.8) is 0 Å². The molecule has 1 aliphatic rings. The largest absolute Gasteiger partial charge is 0.378 e. The first-order chi connectivity index (χ1) is 14.2. The van der Waals surface area contributed by atoms with Crippen molar-refractivity contribution < 1.29 is 14.3 Å². The summed E-state index contributed by atoms with van der Waals surface area (Å²) in [5.41, 5.74) is 2.32. The van der Waals surface area contributed by atoms with Crippen molar-refractivity contribution in [2.45, 2.75) is 26.2 Å². The average molecular weight is 396 g/mol. The third-order valence-corrected chi connectivity index (χ3v) is 4.82. The zero-order valence-corrected chi connectivity index (χ0v) is 16.8. The van der Waals surface area contributed by atoms with Crippen LogP contribution in [-0.2, 0) is 4.74 Å². The zero-order valence-electron chi connectivity index (χ0n) is 16.8. The van der Waals surface area contributed by atoms with E-state index < -0.39 is 0 Å². The van der Waals surface area contributed by atoms with Gasteiger partial charge in [0.25, 0.3) is 11.8 Å². The second kappa shape index (κ2) is 10.6. The van der Waals surface area contributed by atoms with E-state index in [2.05, 4.69) is 27.4 Å². The van der Waals surface area contributed by atoms with Crippen LogP contribution in [0.4, 0.5) is 11.4 Å². The fourth-order valence-electron chi connectivity index (χ4n) is 3.22. The van der Waals surface area contributed by atoms with Gasteiger partial charge in [0.2, 0.25) is 0 Å². The van der Waals surface area contributed by atoms with Crippen molar-refractivity contribution in [3.05, 3.63) is 53.9 Å². The highest BCUT2D eigenvalue weighted by molar-refractivity contribution is 6.06. The Balaban J connectivity index is 1.68. The first kappa shape index (κ1) is 20.8. The van der Waals surface area contributed by atoms with Gasteiger partial charge < -0.3 is 20.3 Å². The van der Waals surface area contributed by atoms with Gasteiger partial charge in [0.05, 0.1) is 24.6 Å². The standard InChI is InChI=1S/C22H28N4O3/c1-2-3-6-10-24-21(27)17-9-11-23-19(16-17)22(28)25-18-7-4-5-8-20(18)26-12-14-29-15-13-26/h4-5,7-9,11,16H,2-3,6,10,12-15H2,1H3,(H,24,27)(H,25,28). The highest BCUT2D eigenvalue weighted by atomic mass is 16.5. The molecule has 154 valence electrons. The van der Waals surface area contributed by atoms with Gasteiger partial charge in [0.1, 0.15) is 5.69 Å². The predicted octanol–water partition coefficient (Wildman–Crippen LogP) is 3.09. The van der Waals surface area contributed by atoms with Crippen LogP contribution in [0.25, 0.3) is 0 Å². The third kappa shape index (κ3) is 5.77. The first-order valence-corrected chi connectivity index (χ1v) is 10.2. The number of aromatic nitrogens is 1. The van der Waals surface area contributed by atoms with Gasteiger partial charge in [0, 0.05) is 31.4 Å². The lowest BCUT2D eigenvalue weighted by molar-refractivity contribution is 0.0953. The summed E-state index contributed by atoms with van der Waals surface area (Å²) in [6.45, 7) is 5.63. The minimum atomic E-state index is -0.341. The molecule has 0 saturated carbocycles. The maximum Gasteiger partial charge on any atom is 0.274 e. The Morgan fingerprint density at radius 1 is 1.10 bits per heavy atom. The highest BCUT2D eigenvalue weighted by Crippen LogP contribution is 2.26. The van der Waals surface area contributed by atoms with E-state index >= 15 is 0 Å². The Morgan fingerprint density at radius 3 is 2.69 bits per heavy atom. The summed E-state index contributed by atoms with van der Waals surface area (Å²) < 4.78 is 5.41. The zero-order chi connectivity index (χ0) is 20.5. The van der Waals surface area contributed by atoms with Gasteiger partial charge in [-0.25, -0.2) is 0 Å². The molecular weight excluding hydrogens is 368 g/mol. The molecule has 0 radical (unpaired) electrons. The maximum atomic E-state index is 12.8. The third-order valence-electron chi connectivity index (χ3n) is 4.82. The first-order valence-electron chi connectivity index (χ1n) is 10.2. The van der Waals surface area contributed by atoms with Gasteiger partial charge in [-0.1, -0.05) is 31.9 Å². The van der Waals surface area contributed by atoms with E-state index in [1.54, 1.807) is 6.07 Å². The molecule has 0 atom stereocenters. The number of anilines is 2. The Bertz CT molecular complexity index is 834. The van der Waals surface area contributed by atoms with Gasteiger partial charge in [0.15, 0.2) is 0 Å². The SMILES string of the molecule is CCCCCNC(=O)c1ccnc(C(=O)Nc2ccccc2N2CCOCC2)c1. The molecule has 2 heterocycles. The molecule has 7 nitrogen and oxygen atoms in total. The summed E-state index contributed by atoms with van der Waals surface area (Å²) in [7, 11) is 0. The van der Waals surface area contributed by atoms with Crippen LogP contribution < -0.4 is 15.5 Å². The number of morpholine rings is 1. The molecule has 2 N–H and O–H groups in total. The van der Waals surface area contributed by atoms with Gasteiger partial charge in [-0.15, -0.1) is 0 Å². The van der Waals surface area contributed by atoms with Crippen LogP contribution in [0.1, 0.15) is 47.0 Å². The lowest BCUT2D eigenvalue weighted by Gasteiger charge is -2.30. The number of nitrogens with one attached hydrogen (secondary N) is 2. The molecule has 1 aromatic heterocycles. The van der Waals surface area contributed by atoms with E-state index in [9.17, 15) is 9.59 Å². The summed E-state index contributed by atoms with van der Waals surface area (Å²) in [5, 5.41) is 5.82. The summed E-state index contributed by atoms with van der Waals surface area (Å²) >= 11 is 0. The molecule has 1 aliphatic heterocycles. The molecule has 0 spiro atoms. The molecule has 29 heavy (non-hydrogen) atoms. The van der Waals surface area contributed by atoms with Crippen LogP contribution >= 0.6 is 0 Å². The Kier molecular flexibility index (Phi) is 7.58. The number of amides is 2. The van der Waals surface area contributed by atoms with Crippen molar-refractivity contribution in [2.24, 2.45) is 0 Å². The molecule has 0 bridgehead atoms. The van der Waals surface area contributed by atoms with Crippen molar-refractivity contribution in [3.8, 4) is 0 Å². The van der Waals surface area contributed by atoms with Gasteiger partial charge in [-0.05, 0) is 30.7 Å². The fourth-order valence-corrected chi connectivity index (χ4v) is 3.22. The van der Waals surface area contributed by atoms with Crippen LogP contribution in [0.2, 0.25) is 0 Å². The summed E-state index contributed by atoms with van der Waals surface area (Å²) in [6, 6.07) is 10.8. The number of hydrogen-bond donors (Lipinski definition) is 2. The van der Waals surface area contributed by atoms with E-state index in [4.69, 9.17) is 4.74 Å². The Labute approximate surface area is 171 Å². The molecular formula is C22H28N4O3. The number of para-hydroxylation sites is 2. The molecule has 2 amide bonds. The lowest BCUT2D eigenvalue weighted by atomic mass is 10.2. The fraction of sp³-hybridized carbons (Fsp3) is 0.409. The number of pyridine rings is 1. The van der Waals surface area contributed by atoms with E-state index in [0.29, 0.717) is 25.3 Å². The molecule has 0 unspecified atom stereocenters. The number of benzene rings is 1. The van der Waals surface area contributed by atoms with E-state index in [1.165, 1.54) is 12.3 Å². The second-order valence-electron chi connectivity index (χ2n) is 6.96. The predicted molar refractivity (Wildman–Crippen MR) is 114 cm³/mol. The summed E-state index contributed by atoms with van der Waals surface area (Å²) in [4.78, 5) is 31.4. The van der Waals surface area contributed by atoms with Gasteiger partial charge >= 0.3 is 0 Å². The van der Waals surface area contributed by atoms with Gasteiger partial charge in [-0.3, -0.25) is 14.6 Å². The number of unbranched alkanes of at least 4 members (excludes halogenated alkanes) is 2. The normalized spacial score (nSPS) is 13.8. The van der Waals surface area contributed by atoms with Crippen LogP contribution in [-0.4, -0.2) is 49.6 Å². The van der Waals surface area contributed by atoms with E-state index in [0.717, 1.165) is 43.7 Å². The van der Waals surface area contributed by atoms with Crippen LogP contribution in [0.5, 0.6) is 0 Å². The molecule has 7 heteroatoms. The minimum absolute atomic E-state index is 0.189. The average Bonchev–Trinajstić information content (AvgIpc) is 2.77. The molecule has 1 saturated heterocycles. The molecule has 1 aromatic carbocycles. The maximum absolute atomic E-state index is 12.8. The topological polar surface area (TPSA) is 83.6 Å². The number of carbonyl (C=O) groups excluding carboxylic acids is 2. The van der Waals surface area contributed by atoms with Crippen LogP contribution in [0.3, 0.4) is 0 Å². The molecule has 2 aromatic rings. The van der Waals surface area contributed by atoms with E-state index in [-0.39, 0.29) is 17.5 Å². The minimum Gasteiger partial charge on any atom is -0.378 e. The van der Waals surface area contributed by atoms with Crippen LogP contribution in [0, 0.1) is 0 Å². The monoisotopic (exact) mass is 396 g/mol. The Hall–Kier alpha value is -2.93. The van der Waals surface area contributed by atoms with Crippen molar-refractivity contribution in [2.75, 3.05) is 43.1 Å². The molecule has 0 aliphatic carbocycles. The van der Waals surface area contributed by atoms with E-state index in [1.807, 2.05) is 24.3 Å². The summed E-state index contributed by atoms with van der Waals surface area (Å²) in [6.07, 6.45) is 4.61. The quantitative estimate of drug-likeness (QED) is 0.670. The summed E-state index contributed by atoms with van der Waals surface area (Å²) in [5.74, 6) is -0.530. The van der Waals surface area contributed by atoms with Crippen molar-refractivity contribution in [1.82, 2.24) is 10.3 Å². The van der Waals surface area contributed by atoms with Crippen molar-refractivity contribution in [1.29, 1.82) is 0 Å². The molecule has 3 rings (SSSR count). The smallest absolute Gasteiger partial charge is 0.274 e. The number of nitrogens with zero attached hydrogens (tertiary/aromatic N) is 2. The van der Waals surface area contributed by atoms with Gasteiger partial charge in [-0.2, -0.15) is 0 Å². The number of rotatable bonds is 8.